The molecule has 0 aromatic carbocycles. The molecule has 2 atom stereocenters. The van der Waals surface area contributed by atoms with Crippen LogP contribution in [0.25, 0.3) is 0 Å². The van der Waals surface area contributed by atoms with Gasteiger partial charge in [0.25, 0.3) is 0 Å². The van der Waals surface area contributed by atoms with Crippen molar-refractivity contribution in [2.45, 2.75) is 39.3 Å². The summed E-state index contributed by atoms with van der Waals surface area (Å²) >= 11 is 0. The lowest BCUT2D eigenvalue weighted by atomic mass is 10.0. The minimum atomic E-state index is -0.218. The van der Waals surface area contributed by atoms with Crippen LogP contribution in [0.4, 0.5) is 0 Å². The molecule has 0 saturated heterocycles. The molecule has 1 aromatic heterocycles. The highest BCUT2D eigenvalue weighted by molar-refractivity contribution is 5.80. The Morgan fingerprint density at radius 2 is 1.88 bits per heavy atom. The highest BCUT2D eigenvalue weighted by atomic mass is 16.3. The first-order valence-electron chi connectivity index (χ1n) is 6.10. The fourth-order valence-electron chi connectivity index (χ4n) is 1.76. The molecule has 17 heavy (non-hydrogen) atoms. The van der Waals surface area contributed by atoms with Crippen molar-refractivity contribution in [2.75, 3.05) is 6.61 Å². The molecule has 0 aliphatic carbocycles. The van der Waals surface area contributed by atoms with Crippen LogP contribution in [0.5, 0.6) is 0 Å². The topological polar surface area (TPSA) is 54.3 Å². The number of carbonyl (C=O) groups excluding carboxylic acids is 1. The Labute approximate surface area is 103 Å². The van der Waals surface area contributed by atoms with E-state index in [1.54, 1.807) is 0 Å². The molecular formula is C13H22N2O2. The van der Waals surface area contributed by atoms with E-state index in [0.29, 0.717) is 12.3 Å². The van der Waals surface area contributed by atoms with Gasteiger partial charge in [-0.25, -0.2) is 0 Å². The summed E-state index contributed by atoms with van der Waals surface area (Å²) in [5, 5.41) is 12.0. The van der Waals surface area contributed by atoms with Crippen molar-refractivity contribution in [3.63, 3.8) is 0 Å². The first-order valence-corrected chi connectivity index (χ1v) is 6.10. The maximum absolute atomic E-state index is 12.0. The number of aromatic nitrogens is 1. The lowest BCUT2D eigenvalue weighted by molar-refractivity contribution is -0.125. The Bertz CT molecular complexity index is 333. The van der Waals surface area contributed by atoms with E-state index in [4.69, 9.17) is 5.11 Å². The smallest absolute Gasteiger partial charge is 0.242 e. The van der Waals surface area contributed by atoms with E-state index >= 15 is 0 Å². The van der Waals surface area contributed by atoms with Gasteiger partial charge >= 0.3 is 0 Å². The maximum Gasteiger partial charge on any atom is 0.242 e. The van der Waals surface area contributed by atoms with Crippen LogP contribution in [0.2, 0.25) is 0 Å². The number of nitrogens with one attached hydrogen (secondary N) is 1. The van der Waals surface area contributed by atoms with E-state index in [2.05, 4.69) is 5.32 Å². The number of hydrogen-bond acceptors (Lipinski definition) is 2. The van der Waals surface area contributed by atoms with Crippen molar-refractivity contribution < 1.29 is 9.90 Å². The summed E-state index contributed by atoms with van der Waals surface area (Å²) in [6, 6.07) is 3.62. The van der Waals surface area contributed by atoms with Crippen molar-refractivity contribution in [1.29, 1.82) is 0 Å². The van der Waals surface area contributed by atoms with Gasteiger partial charge in [-0.2, -0.15) is 0 Å². The highest BCUT2D eigenvalue weighted by Crippen LogP contribution is 2.10. The van der Waals surface area contributed by atoms with E-state index in [-0.39, 0.29) is 24.6 Å². The van der Waals surface area contributed by atoms with Gasteiger partial charge in [-0.1, -0.05) is 13.8 Å². The molecule has 4 heteroatoms. The summed E-state index contributed by atoms with van der Waals surface area (Å²) in [6.07, 6.45) is 4.35. The summed E-state index contributed by atoms with van der Waals surface area (Å²) in [4.78, 5) is 12.0. The largest absolute Gasteiger partial charge is 0.396 e. The normalized spacial score (nSPS) is 14.6. The SMILES string of the molecule is CC(C)C(CCO)NC(=O)C(C)n1cccc1. The molecule has 0 aliphatic heterocycles. The summed E-state index contributed by atoms with van der Waals surface area (Å²) in [5.74, 6) is 0.316. The summed E-state index contributed by atoms with van der Waals surface area (Å²) in [5.41, 5.74) is 0. The van der Waals surface area contributed by atoms with Crippen LogP contribution >= 0.6 is 0 Å². The first kappa shape index (κ1) is 13.8. The van der Waals surface area contributed by atoms with E-state index in [1.807, 2.05) is 49.9 Å². The Morgan fingerprint density at radius 1 is 1.29 bits per heavy atom. The zero-order valence-electron chi connectivity index (χ0n) is 10.8. The Kier molecular flexibility index (Phi) is 5.22. The summed E-state index contributed by atoms with van der Waals surface area (Å²) < 4.78 is 1.87. The molecule has 1 heterocycles. The molecule has 2 unspecified atom stereocenters. The molecule has 0 spiro atoms. The van der Waals surface area contributed by atoms with Crippen molar-refractivity contribution in [3.8, 4) is 0 Å². The molecular weight excluding hydrogens is 216 g/mol. The van der Waals surface area contributed by atoms with Gasteiger partial charge < -0.3 is 15.0 Å². The number of aliphatic hydroxyl groups is 1. The second-order valence-corrected chi connectivity index (χ2v) is 4.68. The third kappa shape index (κ3) is 3.89. The fourth-order valence-corrected chi connectivity index (χ4v) is 1.76. The average Bonchev–Trinajstić information content (AvgIpc) is 2.80. The Morgan fingerprint density at radius 3 is 2.35 bits per heavy atom. The quantitative estimate of drug-likeness (QED) is 0.790. The predicted molar refractivity (Wildman–Crippen MR) is 67.6 cm³/mol. The van der Waals surface area contributed by atoms with Crippen LogP contribution in [0.1, 0.15) is 33.2 Å². The molecule has 0 fully saturated rings. The number of nitrogens with zero attached hydrogens (tertiary/aromatic N) is 1. The molecule has 96 valence electrons. The molecule has 0 saturated carbocycles. The summed E-state index contributed by atoms with van der Waals surface area (Å²) in [6.45, 7) is 6.05. The molecule has 2 N–H and O–H groups in total. The van der Waals surface area contributed by atoms with Crippen LogP contribution in [0.15, 0.2) is 24.5 Å². The molecule has 0 bridgehead atoms. The van der Waals surface area contributed by atoms with Crippen LogP contribution in [0.3, 0.4) is 0 Å². The van der Waals surface area contributed by atoms with E-state index in [0.717, 1.165) is 0 Å². The van der Waals surface area contributed by atoms with Gasteiger partial charge in [-0.05, 0) is 31.4 Å². The first-order chi connectivity index (χ1) is 8.06. The Balaban J connectivity index is 2.58. The van der Waals surface area contributed by atoms with E-state index in [9.17, 15) is 4.79 Å². The third-order valence-corrected chi connectivity index (χ3v) is 3.03. The maximum atomic E-state index is 12.0. The lowest BCUT2D eigenvalue weighted by Gasteiger charge is -2.24. The predicted octanol–water partition coefficient (Wildman–Crippen LogP) is 1.57. The standard InChI is InChI=1S/C13H22N2O2/c1-10(2)12(6-9-16)14-13(17)11(3)15-7-4-5-8-15/h4-5,7-8,10-12,16H,6,9H2,1-3H3,(H,14,17). The van der Waals surface area contributed by atoms with Crippen LogP contribution in [0, 0.1) is 5.92 Å². The Hall–Kier alpha value is -1.29. The lowest BCUT2D eigenvalue weighted by Crippen LogP contribution is -2.42. The van der Waals surface area contributed by atoms with Crippen molar-refractivity contribution in [1.82, 2.24) is 9.88 Å². The van der Waals surface area contributed by atoms with Crippen molar-refractivity contribution in [2.24, 2.45) is 5.92 Å². The number of hydrogen-bond donors (Lipinski definition) is 2. The van der Waals surface area contributed by atoms with Crippen LogP contribution in [-0.2, 0) is 4.79 Å². The van der Waals surface area contributed by atoms with Gasteiger partial charge in [-0.15, -0.1) is 0 Å². The highest BCUT2D eigenvalue weighted by Gasteiger charge is 2.20. The van der Waals surface area contributed by atoms with Gasteiger partial charge in [0, 0.05) is 25.0 Å². The van der Waals surface area contributed by atoms with Gasteiger partial charge in [0.1, 0.15) is 6.04 Å². The fraction of sp³-hybridized carbons (Fsp3) is 0.615. The number of amides is 1. The monoisotopic (exact) mass is 238 g/mol. The van der Waals surface area contributed by atoms with Gasteiger partial charge in [-0.3, -0.25) is 4.79 Å². The molecule has 1 rings (SSSR count). The number of rotatable bonds is 6. The average molecular weight is 238 g/mol. The third-order valence-electron chi connectivity index (χ3n) is 3.03. The molecule has 1 amide bonds. The van der Waals surface area contributed by atoms with Crippen molar-refractivity contribution >= 4 is 5.91 Å². The number of aliphatic hydroxyl groups excluding tert-OH is 1. The van der Waals surface area contributed by atoms with E-state index in [1.165, 1.54) is 0 Å². The van der Waals surface area contributed by atoms with Gasteiger partial charge in [0.05, 0.1) is 0 Å². The van der Waals surface area contributed by atoms with Gasteiger partial charge in [0.15, 0.2) is 0 Å². The molecule has 1 aromatic rings. The second kappa shape index (κ2) is 6.45. The number of carbonyl (C=O) groups is 1. The molecule has 0 radical (unpaired) electrons. The molecule has 0 aliphatic rings. The van der Waals surface area contributed by atoms with Crippen LogP contribution in [-0.4, -0.2) is 28.2 Å². The van der Waals surface area contributed by atoms with Crippen molar-refractivity contribution in [3.05, 3.63) is 24.5 Å². The zero-order chi connectivity index (χ0) is 12.8. The minimum absolute atomic E-state index is 0.00616. The van der Waals surface area contributed by atoms with E-state index < -0.39 is 0 Å². The minimum Gasteiger partial charge on any atom is -0.396 e. The van der Waals surface area contributed by atoms with Gasteiger partial charge in [0.2, 0.25) is 5.91 Å². The molecule has 4 nitrogen and oxygen atoms in total. The second-order valence-electron chi connectivity index (χ2n) is 4.68. The van der Waals surface area contributed by atoms with Crippen LogP contribution < -0.4 is 5.32 Å². The zero-order valence-corrected chi connectivity index (χ0v) is 10.8. The summed E-state index contributed by atoms with van der Waals surface area (Å²) in [7, 11) is 0.